The highest BCUT2D eigenvalue weighted by atomic mass is 16.5. The summed E-state index contributed by atoms with van der Waals surface area (Å²) >= 11 is 0. The van der Waals surface area contributed by atoms with Crippen molar-refractivity contribution < 1.29 is 9.53 Å². The summed E-state index contributed by atoms with van der Waals surface area (Å²) in [5.41, 5.74) is 5.48. The van der Waals surface area contributed by atoms with Crippen LogP contribution in [0.5, 0.6) is 5.75 Å². The molecule has 4 aromatic rings. The van der Waals surface area contributed by atoms with Crippen molar-refractivity contribution in [3.05, 3.63) is 95.6 Å². The first-order chi connectivity index (χ1) is 14.6. The molecule has 0 aliphatic rings. The molecule has 152 valence electrons. The maximum absolute atomic E-state index is 12.8. The first-order valence-corrected chi connectivity index (χ1v) is 9.77. The van der Waals surface area contributed by atoms with Crippen molar-refractivity contribution in [1.29, 1.82) is 0 Å². The molecule has 2 aromatic carbocycles. The lowest BCUT2D eigenvalue weighted by atomic mass is 10.2. The predicted molar refractivity (Wildman–Crippen MR) is 117 cm³/mol. The molecule has 0 aliphatic carbocycles. The Balaban J connectivity index is 1.48. The van der Waals surface area contributed by atoms with Gasteiger partial charge in [-0.05, 0) is 56.3 Å². The molecule has 0 atom stereocenters. The zero-order valence-corrected chi connectivity index (χ0v) is 17.3. The van der Waals surface area contributed by atoms with Gasteiger partial charge in [0.2, 0.25) is 0 Å². The van der Waals surface area contributed by atoms with E-state index in [0.29, 0.717) is 12.1 Å². The first-order valence-electron chi connectivity index (χ1n) is 9.77. The van der Waals surface area contributed by atoms with E-state index in [1.807, 2.05) is 80.7 Å². The monoisotopic (exact) mass is 400 g/mol. The number of nitrogens with one attached hydrogen (secondary N) is 1. The molecule has 2 aromatic heterocycles. The highest BCUT2D eigenvalue weighted by Gasteiger charge is 2.17. The molecule has 0 unspecified atom stereocenters. The molecule has 0 spiro atoms. The highest BCUT2D eigenvalue weighted by Crippen LogP contribution is 2.23. The van der Waals surface area contributed by atoms with E-state index in [1.54, 1.807) is 18.0 Å². The molecule has 0 bridgehead atoms. The molecule has 0 radical (unpaired) electrons. The fraction of sp³-hybridized carbons (Fsp3) is 0.167. The van der Waals surface area contributed by atoms with E-state index in [2.05, 4.69) is 15.0 Å². The molecule has 0 saturated heterocycles. The second-order valence-electron chi connectivity index (χ2n) is 7.13. The summed E-state index contributed by atoms with van der Waals surface area (Å²) < 4.78 is 9.11. The van der Waals surface area contributed by atoms with Gasteiger partial charge in [-0.3, -0.25) is 4.79 Å². The standard InChI is InChI=1S/C24H24N4O2/c1-17-13-23(18(2)28(17)21-9-11-22(30-3)12-10-21)24(29)25-14-19-15-26-27(16-19)20-7-5-4-6-8-20/h4-13,15-16H,14H2,1-3H3,(H,25,29). The number of carbonyl (C=O) groups excluding carboxylic acids is 1. The smallest absolute Gasteiger partial charge is 0.253 e. The van der Waals surface area contributed by atoms with Crippen molar-refractivity contribution >= 4 is 5.91 Å². The van der Waals surface area contributed by atoms with Crippen LogP contribution in [-0.2, 0) is 6.54 Å². The lowest BCUT2D eigenvalue weighted by Gasteiger charge is -2.11. The predicted octanol–water partition coefficient (Wildman–Crippen LogP) is 4.22. The fourth-order valence-electron chi connectivity index (χ4n) is 3.57. The van der Waals surface area contributed by atoms with Crippen molar-refractivity contribution in [3.63, 3.8) is 0 Å². The van der Waals surface area contributed by atoms with E-state index in [9.17, 15) is 4.79 Å². The average molecular weight is 400 g/mol. The molecular weight excluding hydrogens is 376 g/mol. The molecule has 30 heavy (non-hydrogen) atoms. The number of ether oxygens (including phenoxy) is 1. The number of hydrogen-bond acceptors (Lipinski definition) is 3. The second kappa shape index (κ2) is 8.29. The van der Waals surface area contributed by atoms with Crippen LogP contribution in [-0.4, -0.2) is 27.4 Å². The topological polar surface area (TPSA) is 61.1 Å². The molecule has 0 aliphatic heterocycles. The third kappa shape index (κ3) is 3.85. The Bertz CT molecular complexity index is 1160. The molecule has 6 heteroatoms. The van der Waals surface area contributed by atoms with Crippen LogP contribution in [0.2, 0.25) is 0 Å². The summed E-state index contributed by atoms with van der Waals surface area (Å²) in [4.78, 5) is 12.8. The van der Waals surface area contributed by atoms with Gasteiger partial charge in [0.05, 0.1) is 24.6 Å². The third-order valence-electron chi connectivity index (χ3n) is 5.12. The molecule has 1 N–H and O–H groups in total. The van der Waals surface area contributed by atoms with Gasteiger partial charge in [0.15, 0.2) is 0 Å². The maximum Gasteiger partial charge on any atom is 0.253 e. The van der Waals surface area contributed by atoms with E-state index >= 15 is 0 Å². The maximum atomic E-state index is 12.8. The first kappa shape index (κ1) is 19.5. The average Bonchev–Trinajstić information content (AvgIpc) is 3.37. The molecule has 6 nitrogen and oxygen atoms in total. The Kier molecular flexibility index (Phi) is 5.39. The Morgan fingerprint density at radius 1 is 1.03 bits per heavy atom. The van der Waals surface area contributed by atoms with Crippen molar-refractivity contribution in [2.75, 3.05) is 7.11 Å². The van der Waals surface area contributed by atoms with E-state index in [-0.39, 0.29) is 5.91 Å². The lowest BCUT2D eigenvalue weighted by molar-refractivity contribution is 0.0950. The number of aromatic nitrogens is 3. The van der Waals surface area contributed by atoms with Gasteiger partial charge in [-0.25, -0.2) is 4.68 Å². The number of hydrogen-bond donors (Lipinski definition) is 1. The largest absolute Gasteiger partial charge is 0.497 e. The van der Waals surface area contributed by atoms with Crippen LogP contribution in [0.4, 0.5) is 0 Å². The number of amides is 1. The van der Waals surface area contributed by atoms with Crippen LogP contribution in [0.1, 0.15) is 27.3 Å². The number of para-hydroxylation sites is 1. The van der Waals surface area contributed by atoms with Gasteiger partial charge in [-0.1, -0.05) is 18.2 Å². The van der Waals surface area contributed by atoms with Crippen LogP contribution in [0.15, 0.2) is 73.1 Å². The van der Waals surface area contributed by atoms with Gasteiger partial charge in [-0.15, -0.1) is 0 Å². The zero-order chi connectivity index (χ0) is 21.1. The van der Waals surface area contributed by atoms with Crippen LogP contribution in [0, 0.1) is 13.8 Å². The molecule has 0 fully saturated rings. The minimum absolute atomic E-state index is 0.102. The number of methoxy groups -OCH3 is 1. The summed E-state index contributed by atoms with van der Waals surface area (Å²) in [5.74, 6) is 0.700. The van der Waals surface area contributed by atoms with E-state index in [4.69, 9.17) is 4.74 Å². The minimum Gasteiger partial charge on any atom is -0.497 e. The van der Waals surface area contributed by atoms with Gasteiger partial charge in [-0.2, -0.15) is 5.10 Å². The molecule has 2 heterocycles. The molecule has 1 amide bonds. The summed E-state index contributed by atoms with van der Waals surface area (Å²) in [6.45, 7) is 4.37. The van der Waals surface area contributed by atoms with E-state index in [0.717, 1.165) is 34.1 Å². The molecule has 0 saturated carbocycles. The van der Waals surface area contributed by atoms with Gasteiger partial charge >= 0.3 is 0 Å². The Hall–Kier alpha value is -3.80. The van der Waals surface area contributed by atoms with Gasteiger partial charge in [0.1, 0.15) is 5.75 Å². The van der Waals surface area contributed by atoms with Crippen LogP contribution < -0.4 is 10.1 Å². The number of benzene rings is 2. The Labute approximate surface area is 175 Å². The highest BCUT2D eigenvalue weighted by molar-refractivity contribution is 5.95. The second-order valence-corrected chi connectivity index (χ2v) is 7.13. The summed E-state index contributed by atoms with van der Waals surface area (Å²) in [5, 5.41) is 7.38. The van der Waals surface area contributed by atoms with Crippen molar-refractivity contribution in [2.24, 2.45) is 0 Å². The van der Waals surface area contributed by atoms with E-state index in [1.165, 1.54) is 0 Å². The summed E-state index contributed by atoms with van der Waals surface area (Å²) in [6, 6.07) is 19.6. The fourth-order valence-corrected chi connectivity index (χ4v) is 3.57. The molecular formula is C24H24N4O2. The van der Waals surface area contributed by atoms with Gasteiger partial charge in [0.25, 0.3) is 5.91 Å². The number of rotatable bonds is 6. The Morgan fingerprint density at radius 3 is 2.47 bits per heavy atom. The number of nitrogens with zero attached hydrogens (tertiary/aromatic N) is 3. The van der Waals surface area contributed by atoms with Crippen LogP contribution in [0.3, 0.4) is 0 Å². The third-order valence-corrected chi connectivity index (χ3v) is 5.12. The lowest BCUT2D eigenvalue weighted by Crippen LogP contribution is -2.23. The number of carbonyl (C=O) groups is 1. The number of aryl methyl sites for hydroxylation is 1. The molecule has 4 rings (SSSR count). The normalized spacial score (nSPS) is 10.8. The van der Waals surface area contributed by atoms with Crippen molar-refractivity contribution in [3.8, 4) is 17.1 Å². The zero-order valence-electron chi connectivity index (χ0n) is 17.3. The van der Waals surface area contributed by atoms with Crippen molar-refractivity contribution in [2.45, 2.75) is 20.4 Å². The van der Waals surface area contributed by atoms with Crippen LogP contribution in [0.25, 0.3) is 11.4 Å². The quantitative estimate of drug-likeness (QED) is 0.527. The van der Waals surface area contributed by atoms with Gasteiger partial charge < -0.3 is 14.6 Å². The van der Waals surface area contributed by atoms with E-state index < -0.39 is 0 Å². The summed E-state index contributed by atoms with van der Waals surface area (Å²) in [6.07, 6.45) is 3.70. The SMILES string of the molecule is COc1ccc(-n2c(C)cc(C(=O)NCc3cnn(-c4ccccc4)c3)c2C)cc1. The van der Waals surface area contributed by atoms with Crippen LogP contribution >= 0.6 is 0 Å². The Morgan fingerprint density at radius 2 is 1.77 bits per heavy atom. The van der Waals surface area contributed by atoms with Crippen molar-refractivity contribution in [1.82, 2.24) is 19.7 Å². The summed E-state index contributed by atoms with van der Waals surface area (Å²) in [7, 11) is 1.65. The van der Waals surface area contributed by atoms with Gasteiger partial charge in [0, 0.05) is 35.4 Å². The minimum atomic E-state index is -0.102.